The maximum absolute atomic E-state index is 14.0. The van der Waals surface area contributed by atoms with Gasteiger partial charge >= 0.3 is 0 Å². The molecule has 2 N–H and O–H groups in total. The van der Waals surface area contributed by atoms with E-state index in [0.717, 1.165) is 11.0 Å². The van der Waals surface area contributed by atoms with Crippen molar-refractivity contribution in [3.63, 3.8) is 0 Å². The molecule has 0 aliphatic heterocycles. The molecule has 0 amide bonds. The number of rotatable bonds is 3. The van der Waals surface area contributed by atoms with Gasteiger partial charge in [-0.15, -0.1) is 0 Å². The van der Waals surface area contributed by atoms with Gasteiger partial charge in [-0.2, -0.15) is 0 Å². The molecule has 2 aromatic carbocycles. The van der Waals surface area contributed by atoms with E-state index in [1.807, 2.05) is 24.3 Å². The quantitative estimate of drug-likeness (QED) is 0.768. The molecule has 0 saturated carbocycles. The number of fused-ring (bicyclic) bond motifs is 1. The highest BCUT2D eigenvalue weighted by Crippen LogP contribution is 2.34. The minimum Gasteiger partial charge on any atom is -0.389 e. The van der Waals surface area contributed by atoms with Gasteiger partial charge in [-0.05, 0) is 42.4 Å². The molecule has 0 unspecified atom stereocenters. The standard InChI is InChI=1S/C15H13FN2OS/c1-9(19)10-5-4-6-11(16)14(10)20-15-17-12-7-2-3-8-13(12)18-15/h2-9,19H,1H3,(H,17,18)/t9-/m1/s1. The number of hydrogen-bond donors (Lipinski definition) is 2. The van der Waals surface area contributed by atoms with Crippen LogP contribution in [0.4, 0.5) is 4.39 Å². The van der Waals surface area contributed by atoms with Crippen molar-refractivity contribution in [3.8, 4) is 0 Å². The number of H-pyrrole nitrogens is 1. The lowest BCUT2D eigenvalue weighted by Gasteiger charge is -2.10. The summed E-state index contributed by atoms with van der Waals surface area (Å²) in [5.41, 5.74) is 2.31. The molecule has 3 nitrogen and oxygen atoms in total. The average molecular weight is 288 g/mol. The lowest BCUT2D eigenvalue weighted by molar-refractivity contribution is 0.195. The highest BCUT2D eigenvalue weighted by Gasteiger charge is 2.15. The van der Waals surface area contributed by atoms with Crippen LogP contribution < -0.4 is 0 Å². The van der Waals surface area contributed by atoms with Crippen molar-refractivity contribution in [2.24, 2.45) is 0 Å². The summed E-state index contributed by atoms with van der Waals surface area (Å²) in [4.78, 5) is 7.95. The Hall–Kier alpha value is -1.85. The van der Waals surface area contributed by atoms with Gasteiger partial charge in [0.1, 0.15) is 5.82 Å². The highest BCUT2D eigenvalue weighted by atomic mass is 32.2. The second-order valence-corrected chi connectivity index (χ2v) is 5.49. The lowest BCUT2D eigenvalue weighted by atomic mass is 10.1. The summed E-state index contributed by atoms with van der Waals surface area (Å²) in [6.45, 7) is 1.62. The van der Waals surface area contributed by atoms with Crippen LogP contribution in [0.3, 0.4) is 0 Å². The molecule has 0 radical (unpaired) electrons. The number of hydrogen-bond acceptors (Lipinski definition) is 3. The van der Waals surface area contributed by atoms with Gasteiger partial charge in [-0.25, -0.2) is 9.37 Å². The van der Waals surface area contributed by atoms with Gasteiger partial charge in [0, 0.05) is 0 Å². The van der Waals surface area contributed by atoms with Crippen LogP contribution in [0.1, 0.15) is 18.6 Å². The Morgan fingerprint density at radius 2 is 2.00 bits per heavy atom. The van der Waals surface area contributed by atoms with Crippen molar-refractivity contribution in [3.05, 3.63) is 53.8 Å². The van der Waals surface area contributed by atoms with Crippen molar-refractivity contribution in [1.82, 2.24) is 9.97 Å². The minimum absolute atomic E-state index is 0.353. The molecule has 102 valence electrons. The molecule has 3 aromatic rings. The number of aliphatic hydroxyl groups excluding tert-OH is 1. The lowest BCUT2D eigenvalue weighted by Crippen LogP contribution is -1.96. The van der Waals surface area contributed by atoms with Crippen molar-refractivity contribution in [2.75, 3.05) is 0 Å². The first-order chi connectivity index (χ1) is 9.65. The molecule has 1 aromatic heterocycles. The van der Waals surface area contributed by atoms with E-state index in [1.165, 1.54) is 17.8 Å². The van der Waals surface area contributed by atoms with Gasteiger partial charge in [0.25, 0.3) is 0 Å². The summed E-state index contributed by atoms with van der Waals surface area (Å²) in [7, 11) is 0. The molecule has 3 rings (SSSR count). The highest BCUT2D eigenvalue weighted by molar-refractivity contribution is 7.99. The molecule has 0 aliphatic rings. The molecular formula is C15H13FN2OS. The molecule has 0 saturated heterocycles. The number of aromatic nitrogens is 2. The molecule has 20 heavy (non-hydrogen) atoms. The number of para-hydroxylation sites is 2. The van der Waals surface area contributed by atoms with Gasteiger partial charge in [-0.1, -0.05) is 24.3 Å². The predicted octanol–water partition coefficient (Wildman–Crippen LogP) is 3.91. The van der Waals surface area contributed by atoms with E-state index in [9.17, 15) is 9.50 Å². The maximum atomic E-state index is 14.0. The van der Waals surface area contributed by atoms with E-state index >= 15 is 0 Å². The summed E-state index contributed by atoms with van der Waals surface area (Å²) in [6, 6.07) is 12.3. The normalized spacial score (nSPS) is 12.8. The number of imidazole rings is 1. The molecule has 1 atom stereocenters. The van der Waals surface area contributed by atoms with Crippen LogP contribution in [0.15, 0.2) is 52.5 Å². The Bertz CT molecular complexity index is 721. The Morgan fingerprint density at radius 1 is 1.20 bits per heavy atom. The summed E-state index contributed by atoms with van der Waals surface area (Å²) in [5.74, 6) is -0.353. The van der Waals surface area contributed by atoms with E-state index in [0.29, 0.717) is 15.6 Å². The van der Waals surface area contributed by atoms with E-state index in [4.69, 9.17) is 0 Å². The summed E-state index contributed by atoms with van der Waals surface area (Å²) >= 11 is 1.19. The zero-order valence-electron chi connectivity index (χ0n) is 10.8. The fraction of sp³-hybridized carbons (Fsp3) is 0.133. The van der Waals surface area contributed by atoms with E-state index in [1.54, 1.807) is 19.1 Å². The fourth-order valence-electron chi connectivity index (χ4n) is 2.04. The van der Waals surface area contributed by atoms with Gasteiger partial charge < -0.3 is 10.1 Å². The minimum atomic E-state index is -0.724. The zero-order valence-corrected chi connectivity index (χ0v) is 11.6. The number of nitrogens with zero attached hydrogens (tertiary/aromatic N) is 1. The second-order valence-electron chi connectivity index (χ2n) is 4.50. The second kappa shape index (κ2) is 5.26. The van der Waals surface area contributed by atoms with Gasteiger partial charge in [0.15, 0.2) is 5.16 Å². The smallest absolute Gasteiger partial charge is 0.171 e. The fourth-order valence-corrected chi connectivity index (χ4v) is 3.06. The first-order valence-corrected chi connectivity index (χ1v) is 7.06. The Labute approximate surface area is 119 Å². The van der Waals surface area contributed by atoms with Crippen molar-refractivity contribution in [1.29, 1.82) is 0 Å². The predicted molar refractivity (Wildman–Crippen MR) is 77.3 cm³/mol. The zero-order chi connectivity index (χ0) is 14.1. The number of benzene rings is 2. The molecule has 0 bridgehead atoms. The van der Waals surface area contributed by atoms with Crippen LogP contribution in [0, 0.1) is 5.82 Å². The third-order valence-corrected chi connectivity index (χ3v) is 4.04. The van der Waals surface area contributed by atoms with Gasteiger partial charge in [0.2, 0.25) is 0 Å². The van der Waals surface area contributed by atoms with Crippen LogP contribution in [0.25, 0.3) is 11.0 Å². The Morgan fingerprint density at radius 3 is 2.75 bits per heavy atom. The first-order valence-electron chi connectivity index (χ1n) is 6.24. The summed E-state index contributed by atoms with van der Waals surface area (Å²) in [5, 5.41) is 10.3. The Kier molecular flexibility index (Phi) is 3.46. The summed E-state index contributed by atoms with van der Waals surface area (Å²) in [6.07, 6.45) is -0.724. The largest absolute Gasteiger partial charge is 0.389 e. The Balaban J connectivity index is 2.02. The van der Waals surface area contributed by atoms with Crippen LogP contribution in [-0.4, -0.2) is 15.1 Å². The SMILES string of the molecule is C[C@@H](O)c1cccc(F)c1Sc1nc2ccccc2[nH]1. The maximum Gasteiger partial charge on any atom is 0.171 e. The van der Waals surface area contributed by atoms with Crippen LogP contribution in [0.5, 0.6) is 0 Å². The van der Waals surface area contributed by atoms with E-state index in [2.05, 4.69) is 9.97 Å². The topological polar surface area (TPSA) is 48.9 Å². The van der Waals surface area contributed by atoms with Gasteiger partial charge in [-0.3, -0.25) is 0 Å². The average Bonchev–Trinajstić information content (AvgIpc) is 2.83. The van der Waals surface area contributed by atoms with Gasteiger partial charge in [0.05, 0.1) is 22.0 Å². The number of halogens is 1. The number of aliphatic hydroxyl groups is 1. The monoisotopic (exact) mass is 288 g/mol. The van der Waals surface area contributed by atoms with E-state index < -0.39 is 6.10 Å². The molecule has 0 spiro atoms. The number of nitrogens with one attached hydrogen (secondary N) is 1. The summed E-state index contributed by atoms with van der Waals surface area (Å²) < 4.78 is 14.0. The van der Waals surface area contributed by atoms with Crippen molar-refractivity contribution in [2.45, 2.75) is 23.1 Å². The van der Waals surface area contributed by atoms with E-state index in [-0.39, 0.29) is 5.82 Å². The molecule has 0 aliphatic carbocycles. The van der Waals surface area contributed by atoms with Crippen molar-refractivity contribution >= 4 is 22.8 Å². The third-order valence-electron chi connectivity index (χ3n) is 3.01. The molecule has 0 fully saturated rings. The van der Waals surface area contributed by atoms with Crippen LogP contribution in [0.2, 0.25) is 0 Å². The molecule has 5 heteroatoms. The molecule has 1 heterocycles. The van der Waals surface area contributed by atoms with Crippen LogP contribution >= 0.6 is 11.8 Å². The number of aromatic amines is 1. The molecular weight excluding hydrogens is 275 g/mol. The van der Waals surface area contributed by atoms with Crippen LogP contribution in [-0.2, 0) is 0 Å². The third kappa shape index (κ3) is 2.42. The van der Waals surface area contributed by atoms with Crippen molar-refractivity contribution < 1.29 is 9.50 Å². The first kappa shape index (κ1) is 13.1.